The van der Waals surface area contributed by atoms with Crippen LogP contribution in [0.3, 0.4) is 0 Å². The van der Waals surface area contributed by atoms with Crippen molar-refractivity contribution in [3.63, 3.8) is 0 Å². The van der Waals surface area contributed by atoms with Gasteiger partial charge in [-0.25, -0.2) is 9.48 Å². The largest absolute Gasteiger partial charge is 0.476 e. The monoisotopic (exact) mass is 287 g/mol. The molecule has 3 N–H and O–H groups in total. The van der Waals surface area contributed by atoms with Crippen molar-refractivity contribution >= 4 is 17.6 Å². The Balaban J connectivity index is 1.65. The van der Waals surface area contributed by atoms with E-state index in [1.54, 1.807) is 29.2 Å². The van der Waals surface area contributed by atoms with Crippen LogP contribution >= 0.6 is 0 Å². The highest BCUT2D eigenvalue weighted by Gasteiger charge is 2.33. The Hall–Kier alpha value is -2.90. The van der Waals surface area contributed by atoms with Crippen LogP contribution in [0.5, 0.6) is 0 Å². The van der Waals surface area contributed by atoms with E-state index in [0.29, 0.717) is 24.3 Å². The quantitative estimate of drug-likeness (QED) is 0.782. The first-order chi connectivity index (χ1) is 10.0. The number of nitrogens with zero attached hydrogens (tertiary/aromatic N) is 4. The molecule has 1 aromatic heterocycles. The Morgan fingerprint density at radius 3 is 2.71 bits per heavy atom. The molecule has 0 spiro atoms. The number of nitrogen functional groups attached to an aromatic ring is 1. The van der Waals surface area contributed by atoms with E-state index >= 15 is 0 Å². The normalized spacial score (nSPS) is 14.8. The highest BCUT2D eigenvalue weighted by atomic mass is 16.4. The molecule has 1 fully saturated rings. The number of benzene rings is 1. The second kappa shape index (κ2) is 4.89. The van der Waals surface area contributed by atoms with Crippen molar-refractivity contribution in [1.82, 2.24) is 19.9 Å². The molecule has 1 saturated heterocycles. The molecular formula is C13H13N5O3. The molecule has 21 heavy (non-hydrogen) atoms. The molecule has 0 radical (unpaired) electrons. The summed E-state index contributed by atoms with van der Waals surface area (Å²) < 4.78 is 1.48. The SMILES string of the molecule is Nc1cccc(C(=O)N2CC(n3cc(C(=O)O)nn3)C2)c1. The van der Waals surface area contributed by atoms with Crippen LogP contribution in [0.2, 0.25) is 0 Å². The van der Waals surface area contributed by atoms with E-state index in [2.05, 4.69) is 10.3 Å². The lowest BCUT2D eigenvalue weighted by molar-refractivity contribution is 0.0497. The molecular weight excluding hydrogens is 274 g/mol. The first-order valence-corrected chi connectivity index (χ1v) is 6.34. The molecule has 0 bridgehead atoms. The van der Waals surface area contributed by atoms with Crippen LogP contribution in [0.15, 0.2) is 30.5 Å². The van der Waals surface area contributed by atoms with E-state index in [1.807, 2.05) is 0 Å². The number of anilines is 1. The lowest BCUT2D eigenvalue weighted by Crippen LogP contribution is -2.50. The van der Waals surface area contributed by atoms with E-state index in [9.17, 15) is 9.59 Å². The topological polar surface area (TPSA) is 114 Å². The van der Waals surface area contributed by atoms with Crippen LogP contribution in [0.1, 0.15) is 26.9 Å². The minimum absolute atomic E-state index is 0.0457. The molecule has 3 rings (SSSR count). The third-order valence-electron chi connectivity index (χ3n) is 3.39. The van der Waals surface area contributed by atoms with Gasteiger partial charge in [-0.15, -0.1) is 5.10 Å². The smallest absolute Gasteiger partial charge is 0.358 e. The summed E-state index contributed by atoms with van der Waals surface area (Å²) in [4.78, 5) is 24.6. The van der Waals surface area contributed by atoms with E-state index in [0.717, 1.165) is 0 Å². The van der Waals surface area contributed by atoms with E-state index < -0.39 is 5.97 Å². The molecule has 1 aromatic carbocycles. The summed E-state index contributed by atoms with van der Waals surface area (Å²) in [5.41, 5.74) is 6.64. The van der Waals surface area contributed by atoms with Crippen molar-refractivity contribution in [2.24, 2.45) is 0 Å². The van der Waals surface area contributed by atoms with Crippen LogP contribution in [-0.4, -0.2) is 50.0 Å². The first-order valence-electron chi connectivity index (χ1n) is 6.34. The van der Waals surface area contributed by atoms with Gasteiger partial charge in [-0.05, 0) is 18.2 Å². The molecule has 2 aromatic rings. The zero-order chi connectivity index (χ0) is 15.0. The molecule has 108 valence electrons. The van der Waals surface area contributed by atoms with Crippen LogP contribution in [0, 0.1) is 0 Å². The fraction of sp³-hybridized carbons (Fsp3) is 0.231. The number of carbonyl (C=O) groups is 2. The van der Waals surface area contributed by atoms with Crippen molar-refractivity contribution in [3.05, 3.63) is 41.7 Å². The van der Waals surface area contributed by atoms with Crippen molar-refractivity contribution in [1.29, 1.82) is 0 Å². The second-order valence-electron chi connectivity index (χ2n) is 4.88. The Morgan fingerprint density at radius 2 is 2.10 bits per heavy atom. The van der Waals surface area contributed by atoms with E-state index in [4.69, 9.17) is 10.8 Å². The van der Waals surface area contributed by atoms with Gasteiger partial charge in [0.15, 0.2) is 5.69 Å². The third-order valence-corrected chi connectivity index (χ3v) is 3.39. The summed E-state index contributed by atoms with van der Waals surface area (Å²) in [5, 5.41) is 16.1. The summed E-state index contributed by atoms with van der Waals surface area (Å²) in [6.07, 6.45) is 1.37. The standard InChI is InChI=1S/C13H13N5O3/c14-9-3-1-2-8(4-9)12(19)17-5-10(6-17)18-7-11(13(20)21)15-16-18/h1-4,7,10H,5-6,14H2,(H,20,21). The van der Waals surface area contributed by atoms with Gasteiger partial charge >= 0.3 is 5.97 Å². The molecule has 2 heterocycles. The maximum atomic E-state index is 12.2. The summed E-state index contributed by atoms with van der Waals surface area (Å²) >= 11 is 0. The Bertz CT molecular complexity index is 705. The van der Waals surface area contributed by atoms with Crippen molar-refractivity contribution in [2.45, 2.75) is 6.04 Å². The number of hydrogen-bond donors (Lipinski definition) is 2. The average molecular weight is 287 g/mol. The Labute approximate surface area is 119 Å². The minimum atomic E-state index is -1.12. The fourth-order valence-electron chi connectivity index (χ4n) is 2.20. The molecule has 0 unspecified atom stereocenters. The zero-order valence-corrected chi connectivity index (χ0v) is 11.0. The molecule has 0 saturated carbocycles. The number of carboxylic acid groups (broad SMARTS) is 1. The molecule has 8 heteroatoms. The average Bonchev–Trinajstić information content (AvgIpc) is 2.86. The molecule has 8 nitrogen and oxygen atoms in total. The first kappa shape index (κ1) is 13.1. The van der Waals surface area contributed by atoms with Gasteiger partial charge in [-0.1, -0.05) is 11.3 Å². The number of aromatic carboxylic acids is 1. The maximum Gasteiger partial charge on any atom is 0.358 e. The number of carboxylic acids is 1. The van der Waals surface area contributed by atoms with Crippen molar-refractivity contribution in [3.8, 4) is 0 Å². The minimum Gasteiger partial charge on any atom is -0.476 e. The predicted molar refractivity (Wildman–Crippen MR) is 72.8 cm³/mol. The van der Waals surface area contributed by atoms with Crippen LogP contribution in [0.4, 0.5) is 5.69 Å². The van der Waals surface area contributed by atoms with E-state index in [1.165, 1.54) is 10.9 Å². The number of nitrogens with two attached hydrogens (primary N) is 1. The van der Waals surface area contributed by atoms with Gasteiger partial charge < -0.3 is 15.7 Å². The summed E-state index contributed by atoms with van der Waals surface area (Å²) in [7, 11) is 0. The van der Waals surface area contributed by atoms with Gasteiger partial charge in [-0.2, -0.15) is 0 Å². The molecule has 1 amide bonds. The number of rotatable bonds is 3. The Morgan fingerprint density at radius 1 is 1.33 bits per heavy atom. The lowest BCUT2D eigenvalue weighted by Gasteiger charge is -2.38. The third kappa shape index (κ3) is 2.42. The number of hydrogen-bond acceptors (Lipinski definition) is 5. The highest BCUT2D eigenvalue weighted by Crippen LogP contribution is 2.23. The summed E-state index contributed by atoms with van der Waals surface area (Å²) in [6, 6.07) is 6.75. The molecule has 1 aliphatic rings. The lowest BCUT2D eigenvalue weighted by atomic mass is 10.1. The van der Waals surface area contributed by atoms with Gasteiger partial charge in [0.05, 0.1) is 12.2 Å². The molecule has 0 aliphatic carbocycles. The number of carbonyl (C=O) groups excluding carboxylic acids is 1. The van der Waals surface area contributed by atoms with Crippen LogP contribution in [-0.2, 0) is 0 Å². The van der Waals surface area contributed by atoms with Gasteiger partial charge in [0, 0.05) is 24.3 Å². The van der Waals surface area contributed by atoms with Crippen LogP contribution in [0.25, 0.3) is 0 Å². The van der Waals surface area contributed by atoms with Crippen molar-refractivity contribution in [2.75, 3.05) is 18.8 Å². The maximum absolute atomic E-state index is 12.2. The number of aromatic nitrogens is 3. The van der Waals surface area contributed by atoms with Gasteiger partial charge in [0.1, 0.15) is 0 Å². The van der Waals surface area contributed by atoms with E-state index in [-0.39, 0.29) is 17.6 Å². The summed E-state index contributed by atoms with van der Waals surface area (Å²) in [6.45, 7) is 0.937. The molecule has 0 atom stereocenters. The van der Waals surface area contributed by atoms with Gasteiger partial charge in [0.2, 0.25) is 0 Å². The van der Waals surface area contributed by atoms with Gasteiger partial charge in [-0.3, -0.25) is 4.79 Å². The van der Waals surface area contributed by atoms with Crippen molar-refractivity contribution < 1.29 is 14.7 Å². The van der Waals surface area contributed by atoms with Gasteiger partial charge in [0.25, 0.3) is 5.91 Å². The molecule has 1 aliphatic heterocycles. The Kier molecular flexibility index (Phi) is 3.05. The second-order valence-corrected chi connectivity index (χ2v) is 4.88. The fourth-order valence-corrected chi connectivity index (χ4v) is 2.20. The predicted octanol–water partition coefficient (Wildman–Crippen LogP) is 0.256. The zero-order valence-electron chi connectivity index (χ0n) is 11.0. The summed E-state index contributed by atoms with van der Waals surface area (Å²) in [5.74, 6) is -1.22. The van der Waals surface area contributed by atoms with Crippen LogP contribution < -0.4 is 5.73 Å². The number of likely N-dealkylation sites (tertiary alicyclic amines) is 1. The highest BCUT2D eigenvalue weighted by molar-refractivity contribution is 5.95. The number of amides is 1.